The van der Waals surface area contributed by atoms with Crippen molar-refractivity contribution in [3.63, 3.8) is 0 Å². The molecule has 1 heterocycles. The van der Waals surface area contributed by atoms with Crippen molar-refractivity contribution in [2.75, 3.05) is 28.4 Å². The van der Waals surface area contributed by atoms with Crippen LogP contribution in [0, 0.1) is 0 Å². The SMILES string of the molecule is COc1cc(-c2cnn(C(C)=O)c2-c2cc(OC)c(OC)c(OC)c2)ccc1O. The van der Waals surface area contributed by atoms with E-state index in [2.05, 4.69) is 5.10 Å². The highest BCUT2D eigenvalue weighted by molar-refractivity contribution is 5.90. The molecule has 29 heavy (non-hydrogen) atoms. The van der Waals surface area contributed by atoms with Gasteiger partial charge in [0.2, 0.25) is 11.7 Å². The molecule has 0 spiro atoms. The number of hydrogen-bond acceptors (Lipinski definition) is 7. The van der Waals surface area contributed by atoms with Crippen molar-refractivity contribution in [2.24, 2.45) is 0 Å². The molecular weight excluding hydrogens is 376 g/mol. The van der Waals surface area contributed by atoms with Gasteiger partial charge in [-0.25, -0.2) is 0 Å². The van der Waals surface area contributed by atoms with Gasteiger partial charge in [0.15, 0.2) is 23.0 Å². The predicted octanol–water partition coefficient (Wildman–Crippen LogP) is 3.62. The maximum atomic E-state index is 12.2. The fraction of sp³-hybridized carbons (Fsp3) is 0.238. The maximum absolute atomic E-state index is 12.2. The molecule has 0 saturated carbocycles. The first-order valence-electron chi connectivity index (χ1n) is 8.71. The average molecular weight is 398 g/mol. The van der Waals surface area contributed by atoms with Crippen LogP contribution in [0.4, 0.5) is 0 Å². The third-order valence-electron chi connectivity index (χ3n) is 4.50. The Morgan fingerprint density at radius 2 is 1.48 bits per heavy atom. The molecule has 8 nitrogen and oxygen atoms in total. The molecule has 0 aliphatic heterocycles. The standard InChI is InChI=1S/C21H22N2O6/c1-12(24)23-20(14-9-18(27-3)21(29-5)19(10-14)28-4)15(11-22-23)13-6-7-16(25)17(8-13)26-2/h6-11,25H,1-5H3. The van der Waals surface area contributed by atoms with Crippen LogP contribution < -0.4 is 18.9 Å². The lowest BCUT2D eigenvalue weighted by Crippen LogP contribution is -2.09. The molecule has 1 aromatic heterocycles. The third-order valence-corrected chi connectivity index (χ3v) is 4.50. The number of aromatic nitrogens is 2. The summed E-state index contributed by atoms with van der Waals surface area (Å²) in [7, 11) is 6.04. The van der Waals surface area contributed by atoms with Crippen LogP contribution in [0.15, 0.2) is 36.5 Å². The third kappa shape index (κ3) is 3.56. The van der Waals surface area contributed by atoms with Gasteiger partial charge in [-0.15, -0.1) is 0 Å². The summed E-state index contributed by atoms with van der Waals surface area (Å²) >= 11 is 0. The highest BCUT2D eigenvalue weighted by Crippen LogP contribution is 2.44. The summed E-state index contributed by atoms with van der Waals surface area (Å²) in [5.41, 5.74) is 2.59. The minimum Gasteiger partial charge on any atom is -0.504 e. The summed E-state index contributed by atoms with van der Waals surface area (Å²) in [6, 6.07) is 8.43. The molecule has 0 unspecified atom stereocenters. The van der Waals surface area contributed by atoms with Crippen LogP contribution in [0.5, 0.6) is 28.7 Å². The van der Waals surface area contributed by atoms with Gasteiger partial charge >= 0.3 is 0 Å². The van der Waals surface area contributed by atoms with E-state index in [9.17, 15) is 9.90 Å². The summed E-state index contributed by atoms with van der Waals surface area (Å²) in [4.78, 5) is 12.2. The maximum Gasteiger partial charge on any atom is 0.244 e. The van der Waals surface area contributed by atoms with Gasteiger partial charge in [0.1, 0.15) is 0 Å². The minimum atomic E-state index is -0.259. The number of carbonyl (C=O) groups is 1. The smallest absolute Gasteiger partial charge is 0.244 e. The molecular formula is C21H22N2O6. The van der Waals surface area contributed by atoms with Gasteiger partial charge in [0.05, 0.1) is 40.3 Å². The Morgan fingerprint density at radius 1 is 0.897 bits per heavy atom. The molecule has 0 aliphatic carbocycles. The van der Waals surface area contributed by atoms with E-state index in [1.165, 1.54) is 46.1 Å². The van der Waals surface area contributed by atoms with Crippen LogP contribution in [-0.4, -0.2) is 49.2 Å². The van der Waals surface area contributed by atoms with Crippen molar-refractivity contribution in [1.29, 1.82) is 0 Å². The van der Waals surface area contributed by atoms with Gasteiger partial charge < -0.3 is 24.1 Å². The Morgan fingerprint density at radius 3 is 2.00 bits per heavy atom. The number of nitrogens with zero attached hydrogens (tertiary/aromatic N) is 2. The molecule has 152 valence electrons. The Hall–Kier alpha value is -3.68. The van der Waals surface area contributed by atoms with Crippen LogP contribution in [0.25, 0.3) is 22.4 Å². The molecule has 0 radical (unpaired) electrons. The van der Waals surface area contributed by atoms with E-state index in [1.807, 2.05) is 0 Å². The highest BCUT2D eigenvalue weighted by Gasteiger charge is 2.22. The van der Waals surface area contributed by atoms with Crippen molar-refractivity contribution in [3.8, 4) is 51.1 Å². The average Bonchev–Trinajstić information content (AvgIpc) is 3.18. The van der Waals surface area contributed by atoms with E-state index in [0.29, 0.717) is 39.8 Å². The molecule has 8 heteroatoms. The number of benzene rings is 2. The summed E-state index contributed by atoms with van der Waals surface area (Å²) < 4.78 is 22.8. The first kappa shape index (κ1) is 20.1. The lowest BCUT2D eigenvalue weighted by Gasteiger charge is -2.15. The molecule has 0 amide bonds. The monoisotopic (exact) mass is 398 g/mol. The zero-order valence-electron chi connectivity index (χ0n) is 16.8. The lowest BCUT2D eigenvalue weighted by molar-refractivity contribution is 0.0923. The zero-order valence-corrected chi connectivity index (χ0v) is 16.8. The van der Waals surface area contributed by atoms with Crippen molar-refractivity contribution in [3.05, 3.63) is 36.5 Å². The number of ether oxygens (including phenoxy) is 4. The Kier molecular flexibility index (Phi) is 5.63. The van der Waals surface area contributed by atoms with Crippen LogP contribution >= 0.6 is 0 Å². The molecule has 0 fully saturated rings. The fourth-order valence-corrected chi connectivity index (χ4v) is 3.14. The number of methoxy groups -OCH3 is 4. The van der Waals surface area contributed by atoms with Crippen molar-refractivity contribution in [1.82, 2.24) is 9.78 Å². The largest absolute Gasteiger partial charge is 0.504 e. The summed E-state index contributed by atoms with van der Waals surface area (Å²) in [5, 5.41) is 14.2. The van der Waals surface area contributed by atoms with E-state index in [-0.39, 0.29) is 11.7 Å². The number of hydrogen-bond donors (Lipinski definition) is 1. The second kappa shape index (κ2) is 8.14. The molecule has 1 N–H and O–H groups in total. The number of phenols is 1. The van der Waals surface area contributed by atoms with Gasteiger partial charge in [0.25, 0.3) is 0 Å². The molecule has 2 aromatic carbocycles. The molecule has 3 rings (SSSR count). The number of phenolic OH excluding ortho intramolecular Hbond substituents is 1. The predicted molar refractivity (Wildman–Crippen MR) is 107 cm³/mol. The first-order chi connectivity index (χ1) is 13.9. The second-order valence-electron chi connectivity index (χ2n) is 6.14. The minimum absolute atomic E-state index is 0.0181. The Bertz CT molecular complexity index is 1030. The van der Waals surface area contributed by atoms with E-state index >= 15 is 0 Å². The van der Waals surface area contributed by atoms with Crippen molar-refractivity contribution < 1.29 is 28.8 Å². The van der Waals surface area contributed by atoms with Gasteiger partial charge in [-0.2, -0.15) is 9.78 Å². The molecule has 0 aliphatic rings. The Balaban J connectivity index is 2.30. The highest BCUT2D eigenvalue weighted by atomic mass is 16.5. The van der Waals surface area contributed by atoms with Gasteiger partial charge in [0, 0.05) is 18.1 Å². The van der Waals surface area contributed by atoms with Gasteiger partial charge in [-0.05, 0) is 29.8 Å². The van der Waals surface area contributed by atoms with E-state index in [1.54, 1.807) is 30.5 Å². The molecule has 3 aromatic rings. The van der Waals surface area contributed by atoms with Crippen LogP contribution in [0.1, 0.15) is 11.7 Å². The van der Waals surface area contributed by atoms with Crippen LogP contribution in [-0.2, 0) is 0 Å². The number of aromatic hydroxyl groups is 1. The summed E-state index contributed by atoms with van der Waals surface area (Å²) in [6.45, 7) is 1.43. The summed E-state index contributed by atoms with van der Waals surface area (Å²) in [6.07, 6.45) is 1.59. The van der Waals surface area contributed by atoms with E-state index < -0.39 is 0 Å². The van der Waals surface area contributed by atoms with Crippen LogP contribution in [0.2, 0.25) is 0 Å². The fourth-order valence-electron chi connectivity index (χ4n) is 3.14. The zero-order chi connectivity index (χ0) is 21.1. The van der Waals surface area contributed by atoms with E-state index in [4.69, 9.17) is 18.9 Å². The van der Waals surface area contributed by atoms with Crippen molar-refractivity contribution in [2.45, 2.75) is 6.92 Å². The topological polar surface area (TPSA) is 92.0 Å². The molecule has 0 saturated heterocycles. The first-order valence-corrected chi connectivity index (χ1v) is 8.71. The number of carbonyl (C=O) groups excluding carboxylic acids is 1. The molecule has 0 bridgehead atoms. The van der Waals surface area contributed by atoms with Gasteiger partial charge in [-0.1, -0.05) is 6.07 Å². The Labute approximate surface area is 168 Å². The summed E-state index contributed by atoms with van der Waals surface area (Å²) in [5.74, 6) is 1.42. The van der Waals surface area contributed by atoms with Crippen molar-refractivity contribution >= 4 is 5.91 Å². The quantitative estimate of drug-likeness (QED) is 0.678. The number of rotatable bonds is 6. The second-order valence-corrected chi connectivity index (χ2v) is 6.14. The molecule has 0 atom stereocenters. The normalized spacial score (nSPS) is 10.5. The van der Waals surface area contributed by atoms with Gasteiger partial charge in [-0.3, -0.25) is 4.79 Å². The van der Waals surface area contributed by atoms with E-state index in [0.717, 1.165) is 5.56 Å². The van der Waals surface area contributed by atoms with Crippen LogP contribution in [0.3, 0.4) is 0 Å². The lowest BCUT2D eigenvalue weighted by atomic mass is 10.00.